The van der Waals surface area contributed by atoms with Gasteiger partial charge in [-0.2, -0.15) is 0 Å². The molecule has 33 heavy (non-hydrogen) atoms. The fourth-order valence-corrected chi connectivity index (χ4v) is 5.40. The molecule has 1 heterocycles. The number of carbonyl (C=O) groups excluding carboxylic acids is 1. The number of carboxylic acid groups (broad SMARTS) is 1. The van der Waals surface area contributed by atoms with Gasteiger partial charge >= 0.3 is 5.97 Å². The van der Waals surface area contributed by atoms with Crippen molar-refractivity contribution in [1.29, 1.82) is 0 Å². The maximum atomic E-state index is 12.5. The number of nitrogens with zero attached hydrogens (tertiary/aromatic N) is 1. The van der Waals surface area contributed by atoms with E-state index in [1.807, 2.05) is 41.3 Å². The SMILES string of the molecule is O=C(O)c1ccc(CCN2C(=O)CC[C@@H]2/C=C/[C@@H](O)C2(c3ccc(Cl)cc3)CCCC2)cc1. The minimum Gasteiger partial charge on any atom is -0.478 e. The number of rotatable bonds is 8. The Bertz CT molecular complexity index is 1010. The number of benzene rings is 2. The standard InChI is InChI=1S/C27H30ClNO4/c28-22-9-7-21(8-10-22)27(16-1-2-17-27)24(30)13-11-23-12-14-25(31)29(23)18-15-19-3-5-20(6-4-19)26(32)33/h3-11,13,23-24,30H,1-2,12,14-18H2,(H,32,33)/b13-11+/t23-,24+/m0/s1. The number of carbonyl (C=O) groups is 2. The van der Waals surface area contributed by atoms with Gasteiger partial charge in [0.15, 0.2) is 0 Å². The quantitative estimate of drug-likeness (QED) is 0.535. The maximum absolute atomic E-state index is 12.5. The van der Waals surface area contributed by atoms with Gasteiger partial charge in [-0.25, -0.2) is 4.79 Å². The Kier molecular flexibility index (Phi) is 7.20. The van der Waals surface area contributed by atoms with Crippen molar-refractivity contribution in [3.05, 3.63) is 82.4 Å². The van der Waals surface area contributed by atoms with Crippen LogP contribution >= 0.6 is 11.6 Å². The van der Waals surface area contributed by atoms with Crippen LogP contribution < -0.4 is 0 Å². The lowest BCUT2D eigenvalue weighted by Gasteiger charge is -2.34. The van der Waals surface area contributed by atoms with Gasteiger partial charge in [0.25, 0.3) is 0 Å². The molecule has 4 rings (SSSR count). The molecule has 0 aromatic heterocycles. The van der Waals surface area contributed by atoms with Crippen molar-refractivity contribution in [2.45, 2.75) is 62.5 Å². The van der Waals surface area contributed by atoms with E-state index in [0.29, 0.717) is 24.4 Å². The molecule has 2 aromatic carbocycles. The Hall–Kier alpha value is -2.63. The summed E-state index contributed by atoms with van der Waals surface area (Å²) in [6.07, 6.45) is 9.20. The number of aliphatic hydroxyl groups is 1. The lowest BCUT2D eigenvalue weighted by atomic mass is 9.74. The van der Waals surface area contributed by atoms with Gasteiger partial charge in [-0.15, -0.1) is 0 Å². The molecule has 2 aromatic rings. The van der Waals surface area contributed by atoms with Gasteiger partial charge in [-0.05, 0) is 61.1 Å². The molecule has 2 atom stereocenters. The summed E-state index contributed by atoms with van der Waals surface area (Å²) >= 11 is 6.08. The molecule has 1 aliphatic carbocycles. The number of aromatic carboxylic acids is 1. The third kappa shape index (κ3) is 5.15. The number of halogens is 1. The first kappa shape index (κ1) is 23.5. The summed E-state index contributed by atoms with van der Waals surface area (Å²) in [5.41, 5.74) is 2.06. The minimum absolute atomic E-state index is 0.0332. The highest BCUT2D eigenvalue weighted by atomic mass is 35.5. The predicted molar refractivity (Wildman–Crippen MR) is 129 cm³/mol. The molecule has 0 radical (unpaired) electrons. The summed E-state index contributed by atoms with van der Waals surface area (Å²) in [6.45, 7) is 0.568. The van der Waals surface area contributed by atoms with Gasteiger partial charge in [0.05, 0.1) is 17.7 Å². The van der Waals surface area contributed by atoms with Gasteiger partial charge in [-0.3, -0.25) is 4.79 Å². The van der Waals surface area contributed by atoms with Crippen molar-refractivity contribution in [1.82, 2.24) is 4.90 Å². The number of carboxylic acids is 1. The van der Waals surface area contributed by atoms with Gasteiger partial charge < -0.3 is 15.1 Å². The van der Waals surface area contributed by atoms with Crippen LogP contribution in [-0.2, 0) is 16.6 Å². The fourth-order valence-electron chi connectivity index (χ4n) is 5.27. The second-order valence-electron chi connectivity index (χ2n) is 9.15. The number of likely N-dealkylation sites (tertiary alicyclic amines) is 1. The summed E-state index contributed by atoms with van der Waals surface area (Å²) in [5, 5.41) is 21.0. The molecule has 5 nitrogen and oxygen atoms in total. The fraction of sp³-hybridized carbons (Fsp3) is 0.407. The van der Waals surface area contributed by atoms with Crippen LogP contribution in [0, 0.1) is 0 Å². The van der Waals surface area contributed by atoms with Crippen LogP contribution in [0.1, 0.15) is 60.0 Å². The molecule has 0 bridgehead atoms. The first-order chi connectivity index (χ1) is 15.9. The van der Waals surface area contributed by atoms with E-state index in [4.69, 9.17) is 16.7 Å². The van der Waals surface area contributed by atoms with Crippen LogP contribution in [0.3, 0.4) is 0 Å². The molecule has 174 valence electrons. The summed E-state index contributed by atoms with van der Waals surface area (Å²) in [7, 11) is 0. The molecule has 2 fully saturated rings. The van der Waals surface area contributed by atoms with Crippen molar-refractivity contribution in [3.8, 4) is 0 Å². The number of hydrogen-bond acceptors (Lipinski definition) is 3. The normalized spacial score (nSPS) is 21.1. The van der Waals surface area contributed by atoms with Gasteiger partial charge in [0.2, 0.25) is 5.91 Å². The van der Waals surface area contributed by atoms with E-state index in [0.717, 1.165) is 43.2 Å². The molecular weight excluding hydrogens is 438 g/mol. The molecule has 0 unspecified atom stereocenters. The Morgan fingerprint density at radius 1 is 1.12 bits per heavy atom. The molecule has 1 amide bonds. The van der Waals surface area contributed by atoms with Crippen molar-refractivity contribution in [2.24, 2.45) is 0 Å². The number of hydrogen-bond donors (Lipinski definition) is 2. The Balaban J connectivity index is 1.43. The molecule has 1 saturated carbocycles. The second-order valence-corrected chi connectivity index (χ2v) is 9.58. The lowest BCUT2D eigenvalue weighted by molar-refractivity contribution is -0.128. The average molecular weight is 468 g/mol. The van der Waals surface area contributed by atoms with Crippen LogP contribution in [-0.4, -0.2) is 45.7 Å². The van der Waals surface area contributed by atoms with E-state index >= 15 is 0 Å². The van der Waals surface area contributed by atoms with Gasteiger partial charge in [0.1, 0.15) is 0 Å². The molecule has 1 saturated heterocycles. The average Bonchev–Trinajstić information content (AvgIpc) is 3.44. The van der Waals surface area contributed by atoms with Crippen LogP contribution in [0.2, 0.25) is 5.02 Å². The summed E-state index contributed by atoms with van der Waals surface area (Å²) in [4.78, 5) is 25.4. The van der Waals surface area contributed by atoms with Crippen molar-refractivity contribution < 1.29 is 19.8 Å². The van der Waals surface area contributed by atoms with E-state index in [-0.39, 0.29) is 22.9 Å². The van der Waals surface area contributed by atoms with E-state index in [2.05, 4.69) is 0 Å². The smallest absolute Gasteiger partial charge is 0.335 e. The highest BCUT2D eigenvalue weighted by Gasteiger charge is 2.41. The summed E-state index contributed by atoms with van der Waals surface area (Å²) in [5.74, 6) is -0.826. The van der Waals surface area contributed by atoms with Crippen molar-refractivity contribution in [2.75, 3.05) is 6.54 Å². The Morgan fingerprint density at radius 2 is 1.79 bits per heavy atom. The van der Waals surface area contributed by atoms with Crippen LogP contribution in [0.5, 0.6) is 0 Å². The molecular formula is C27H30ClNO4. The number of amides is 1. The molecule has 2 aliphatic rings. The van der Waals surface area contributed by atoms with Crippen LogP contribution in [0.4, 0.5) is 0 Å². The minimum atomic E-state index is -0.946. The van der Waals surface area contributed by atoms with E-state index < -0.39 is 12.1 Å². The van der Waals surface area contributed by atoms with Crippen molar-refractivity contribution >= 4 is 23.5 Å². The van der Waals surface area contributed by atoms with E-state index in [9.17, 15) is 14.7 Å². The molecule has 1 aliphatic heterocycles. The topological polar surface area (TPSA) is 77.8 Å². The second kappa shape index (κ2) is 10.1. The zero-order valence-corrected chi connectivity index (χ0v) is 19.4. The van der Waals surface area contributed by atoms with E-state index in [1.54, 1.807) is 24.3 Å². The first-order valence-electron chi connectivity index (χ1n) is 11.6. The molecule has 0 spiro atoms. The first-order valence-corrected chi connectivity index (χ1v) is 12.0. The molecule has 6 heteroatoms. The van der Waals surface area contributed by atoms with Crippen LogP contribution in [0.15, 0.2) is 60.7 Å². The largest absolute Gasteiger partial charge is 0.478 e. The highest BCUT2D eigenvalue weighted by Crippen LogP contribution is 2.44. The lowest BCUT2D eigenvalue weighted by Crippen LogP contribution is -2.37. The summed E-state index contributed by atoms with van der Waals surface area (Å²) < 4.78 is 0. The monoisotopic (exact) mass is 467 g/mol. The van der Waals surface area contributed by atoms with Crippen LogP contribution in [0.25, 0.3) is 0 Å². The van der Waals surface area contributed by atoms with Gasteiger partial charge in [0, 0.05) is 23.4 Å². The number of aliphatic hydroxyl groups excluding tert-OH is 1. The summed E-state index contributed by atoms with van der Waals surface area (Å²) in [6, 6.07) is 14.6. The highest BCUT2D eigenvalue weighted by molar-refractivity contribution is 6.30. The van der Waals surface area contributed by atoms with Crippen molar-refractivity contribution in [3.63, 3.8) is 0 Å². The predicted octanol–water partition coefficient (Wildman–Crippen LogP) is 5.00. The van der Waals surface area contributed by atoms with E-state index in [1.165, 1.54) is 0 Å². The third-order valence-corrected chi connectivity index (χ3v) is 7.47. The van der Waals surface area contributed by atoms with Gasteiger partial charge in [-0.1, -0.05) is 60.9 Å². The Labute approximate surface area is 199 Å². The zero-order chi connectivity index (χ0) is 23.4. The third-order valence-electron chi connectivity index (χ3n) is 7.21. The Morgan fingerprint density at radius 3 is 2.42 bits per heavy atom. The maximum Gasteiger partial charge on any atom is 0.335 e. The zero-order valence-electron chi connectivity index (χ0n) is 18.6. The molecule has 2 N–H and O–H groups in total.